The number of hydrogen-bond acceptors (Lipinski definition) is 3. The van der Waals surface area contributed by atoms with Gasteiger partial charge in [0, 0.05) is 4.47 Å². The van der Waals surface area contributed by atoms with Crippen LogP contribution in [0, 0.1) is 6.92 Å². The van der Waals surface area contributed by atoms with Crippen LogP contribution in [0.25, 0.3) is 0 Å². The van der Waals surface area contributed by atoms with Gasteiger partial charge in [0.1, 0.15) is 12.4 Å². The van der Waals surface area contributed by atoms with E-state index >= 15 is 0 Å². The van der Waals surface area contributed by atoms with Crippen molar-refractivity contribution in [3.8, 4) is 5.75 Å². The number of rotatable bonds is 9. The summed E-state index contributed by atoms with van der Waals surface area (Å²) in [6.45, 7) is 3.09. The molecular weight excluding hydrogens is 444 g/mol. The van der Waals surface area contributed by atoms with E-state index in [1.54, 1.807) is 0 Å². The number of nitrogens with one attached hydrogen (secondary N) is 2. The van der Waals surface area contributed by atoms with Crippen LogP contribution in [0.5, 0.6) is 5.75 Å². The first-order valence-electron chi connectivity index (χ1n) is 9.73. The quantitative estimate of drug-likeness (QED) is 0.433. The first-order valence-corrected chi connectivity index (χ1v) is 10.5. The lowest BCUT2D eigenvalue weighted by molar-refractivity contribution is 0.0855. The lowest BCUT2D eigenvalue weighted by Crippen LogP contribution is -2.44. The van der Waals surface area contributed by atoms with Gasteiger partial charge in [-0.05, 0) is 58.2 Å². The van der Waals surface area contributed by atoms with E-state index in [2.05, 4.69) is 26.6 Å². The Bertz CT molecular complexity index is 950. The van der Waals surface area contributed by atoms with Crippen molar-refractivity contribution in [3.63, 3.8) is 0 Å². The van der Waals surface area contributed by atoms with E-state index in [0.29, 0.717) is 25.5 Å². The van der Waals surface area contributed by atoms with Crippen LogP contribution in [0.2, 0.25) is 0 Å². The van der Waals surface area contributed by atoms with Crippen molar-refractivity contribution in [1.82, 2.24) is 5.32 Å². The SMILES string of the molecule is Cc1cccc(OC[C@@H](COCc2ccccc2)NC(=O)Nc2ccccc2Br)c1. The first kappa shape index (κ1) is 21.9. The number of benzene rings is 3. The Hall–Kier alpha value is -2.83. The zero-order valence-electron chi connectivity index (χ0n) is 16.8. The van der Waals surface area contributed by atoms with E-state index in [1.807, 2.05) is 85.8 Å². The fourth-order valence-corrected chi connectivity index (χ4v) is 3.22. The molecule has 3 aromatic carbocycles. The van der Waals surface area contributed by atoms with Gasteiger partial charge in [-0.25, -0.2) is 4.79 Å². The number of halogens is 1. The molecule has 1 atom stereocenters. The third kappa shape index (κ3) is 7.21. The van der Waals surface area contributed by atoms with E-state index in [4.69, 9.17) is 9.47 Å². The maximum absolute atomic E-state index is 12.5. The van der Waals surface area contributed by atoms with Gasteiger partial charge in [-0.1, -0.05) is 54.6 Å². The summed E-state index contributed by atoms with van der Waals surface area (Å²) in [4.78, 5) is 12.5. The molecule has 0 saturated heterocycles. The molecular formula is C24H25BrN2O3. The van der Waals surface area contributed by atoms with E-state index in [1.165, 1.54) is 0 Å². The van der Waals surface area contributed by atoms with Crippen molar-refractivity contribution in [2.24, 2.45) is 0 Å². The first-order chi connectivity index (χ1) is 14.6. The molecule has 3 aromatic rings. The Kier molecular flexibility index (Phi) is 8.30. The molecule has 0 aliphatic heterocycles. The lowest BCUT2D eigenvalue weighted by atomic mass is 10.2. The van der Waals surface area contributed by atoms with Crippen molar-refractivity contribution >= 4 is 27.6 Å². The van der Waals surface area contributed by atoms with Crippen LogP contribution in [0.15, 0.2) is 83.3 Å². The van der Waals surface area contributed by atoms with Crippen LogP contribution < -0.4 is 15.4 Å². The second-order valence-corrected chi connectivity index (χ2v) is 7.76. The molecule has 156 valence electrons. The van der Waals surface area contributed by atoms with Gasteiger partial charge in [-0.3, -0.25) is 0 Å². The topological polar surface area (TPSA) is 59.6 Å². The average molecular weight is 469 g/mol. The normalized spacial score (nSPS) is 11.5. The van der Waals surface area contributed by atoms with Gasteiger partial charge in [0.2, 0.25) is 0 Å². The molecule has 0 bridgehead atoms. The Labute approximate surface area is 185 Å². The predicted molar refractivity (Wildman–Crippen MR) is 123 cm³/mol. The molecule has 0 saturated carbocycles. The molecule has 2 amide bonds. The van der Waals surface area contributed by atoms with Crippen LogP contribution in [0.1, 0.15) is 11.1 Å². The molecule has 0 unspecified atom stereocenters. The summed E-state index contributed by atoms with van der Waals surface area (Å²) in [6, 6.07) is 24.6. The third-order valence-electron chi connectivity index (χ3n) is 4.33. The zero-order chi connectivity index (χ0) is 21.2. The van der Waals surface area contributed by atoms with Crippen molar-refractivity contribution < 1.29 is 14.3 Å². The minimum absolute atomic E-state index is 0.293. The number of aryl methyl sites for hydroxylation is 1. The van der Waals surface area contributed by atoms with E-state index in [9.17, 15) is 4.79 Å². The summed E-state index contributed by atoms with van der Waals surface area (Å²) in [5.41, 5.74) is 2.89. The molecule has 0 heterocycles. The fraction of sp³-hybridized carbons (Fsp3) is 0.208. The molecule has 0 aliphatic carbocycles. The van der Waals surface area contributed by atoms with Crippen molar-refractivity contribution in [2.45, 2.75) is 19.6 Å². The lowest BCUT2D eigenvalue weighted by Gasteiger charge is -2.20. The highest BCUT2D eigenvalue weighted by molar-refractivity contribution is 9.10. The second kappa shape index (κ2) is 11.4. The average Bonchev–Trinajstić information content (AvgIpc) is 2.74. The van der Waals surface area contributed by atoms with Gasteiger partial charge in [-0.15, -0.1) is 0 Å². The van der Waals surface area contributed by atoms with Gasteiger partial charge in [0.05, 0.1) is 24.9 Å². The molecule has 5 nitrogen and oxygen atoms in total. The molecule has 30 heavy (non-hydrogen) atoms. The Morgan fingerprint density at radius 3 is 2.50 bits per heavy atom. The number of urea groups is 1. The van der Waals surface area contributed by atoms with E-state index in [0.717, 1.165) is 21.3 Å². The van der Waals surface area contributed by atoms with Crippen LogP contribution in [-0.2, 0) is 11.3 Å². The maximum Gasteiger partial charge on any atom is 0.319 e. The van der Waals surface area contributed by atoms with Gasteiger partial charge in [0.25, 0.3) is 0 Å². The van der Waals surface area contributed by atoms with Gasteiger partial charge < -0.3 is 20.1 Å². The number of amides is 2. The van der Waals surface area contributed by atoms with Crippen LogP contribution in [0.4, 0.5) is 10.5 Å². The minimum Gasteiger partial charge on any atom is -0.491 e. The van der Waals surface area contributed by atoms with E-state index < -0.39 is 0 Å². The van der Waals surface area contributed by atoms with Crippen molar-refractivity contribution in [2.75, 3.05) is 18.5 Å². The highest BCUT2D eigenvalue weighted by atomic mass is 79.9. The van der Waals surface area contributed by atoms with Crippen LogP contribution >= 0.6 is 15.9 Å². The summed E-state index contributed by atoms with van der Waals surface area (Å²) in [6.07, 6.45) is 0. The molecule has 0 fully saturated rings. The highest BCUT2D eigenvalue weighted by Gasteiger charge is 2.15. The number of carbonyl (C=O) groups is 1. The maximum atomic E-state index is 12.5. The summed E-state index contributed by atoms with van der Waals surface area (Å²) < 4.78 is 12.5. The molecule has 0 spiro atoms. The summed E-state index contributed by atoms with van der Waals surface area (Å²) in [5, 5.41) is 5.79. The Balaban J connectivity index is 1.58. The summed E-state index contributed by atoms with van der Waals surface area (Å²) in [5.74, 6) is 0.760. The van der Waals surface area contributed by atoms with Crippen LogP contribution in [-0.4, -0.2) is 25.3 Å². The molecule has 2 N–H and O–H groups in total. The van der Waals surface area contributed by atoms with Crippen molar-refractivity contribution in [1.29, 1.82) is 0 Å². The summed E-state index contributed by atoms with van der Waals surface area (Å²) >= 11 is 3.43. The number of anilines is 1. The van der Waals surface area contributed by atoms with Gasteiger partial charge >= 0.3 is 6.03 Å². The molecule has 0 radical (unpaired) electrons. The van der Waals surface area contributed by atoms with Gasteiger partial charge in [-0.2, -0.15) is 0 Å². The smallest absolute Gasteiger partial charge is 0.319 e. The second-order valence-electron chi connectivity index (χ2n) is 6.90. The van der Waals surface area contributed by atoms with E-state index in [-0.39, 0.29) is 12.1 Å². The largest absolute Gasteiger partial charge is 0.491 e. The van der Waals surface area contributed by atoms with Crippen LogP contribution in [0.3, 0.4) is 0 Å². The molecule has 3 rings (SSSR count). The van der Waals surface area contributed by atoms with Gasteiger partial charge in [0.15, 0.2) is 0 Å². The van der Waals surface area contributed by atoms with Crippen molar-refractivity contribution in [3.05, 3.63) is 94.5 Å². The summed E-state index contributed by atoms with van der Waals surface area (Å²) in [7, 11) is 0. The zero-order valence-corrected chi connectivity index (χ0v) is 18.4. The monoisotopic (exact) mass is 468 g/mol. The standard InChI is InChI=1S/C24H25BrN2O3/c1-18-8-7-11-21(14-18)30-17-20(16-29-15-19-9-3-2-4-10-19)26-24(28)27-23-13-6-5-12-22(23)25/h2-14,20H,15-17H2,1H3,(H2,26,27,28)/t20-/m1/s1. The fourth-order valence-electron chi connectivity index (χ4n) is 2.83. The molecule has 0 aromatic heterocycles. The minimum atomic E-state index is -0.322. The number of para-hydroxylation sites is 1. The Morgan fingerprint density at radius 1 is 0.967 bits per heavy atom. The Morgan fingerprint density at radius 2 is 1.73 bits per heavy atom. The third-order valence-corrected chi connectivity index (χ3v) is 5.02. The predicted octanol–water partition coefficient (Wildman–Crippen LogP) is 5.54. The number of hydrogen-bond donors (Lipinski definition) is 2. The molecule has 6 heteroatoms. The number of ether oxygens (including phenoxy) is 2. The molecule has 0 aliphatic rings. The highest BCUT2D eigenvalue weighted by Crippen LogP contribution is 2.21. The number of carbonyl (C=O) groups excluding carboxylic acids is 1.